The fourth-order valence-corrected chi connectivity index (χ4v) is 25.5. The number of carbonyl (C=O) groups is 4. The van der Waals surface area contributed by atoms with Crippen molar-refractivity contribution in [3.63, 3.8) is 0 Å². The van der Waals surface area contributed by atoms with Gasteiger partial charge in [-0.2, -0.15) is 0 Å². The second-order valence-electron chi connectivity index (χ2n) is 36.8. The van der Waals surface area contributed by atoms with Gasteiger partial charge in [-0.05, 0) is 163 Å². The van der Waals surface area contributed by atoms with E-state index in [1.807, 2.05) is 137 Å². The van der Waals surface area contributed by atoms with Gasteiger partial charge in [-0.25, -0.2) is 0 Å². The summed E-state index contributed by atoms with van der Waals surface area (Å²) in [5, 5.41) is 40.5. The Labute approximate surface area is 841 Å². The van der Waals surface area contributed by atoms with E-state index in [1.165, 1.54) is 51.4 Å². The molecule has 12 aliphatic rings. The second kappa shape index (κ2) is 40.8. The van der Waals surface area contributed by atoms with Gasteiger partial charge >= 0.3 is 0 Å². The van der Waals surface area contributed by atoms with Crippen LogP contribution in [-0.4, -0.2) is 157 Å². The monoisotopic (exact) mass is 1990 g/mol. The third-order valence-corrected chi connectivity index (χ3v) is 32.7. The molecule has 25 rings (SSSR count). The summed E-state index contributed by atoms with van der Waals surface area (Å²) >= 11 is 7.17. The Balaban J connectivity index is 0.000000109. The van der Waals surface area contributed by atoms with Gasteiger partial charge < -0.3 is 58.6 Å². The van der Waals surface area contributed by atoms with E-state index in [0.717, 1.165) is 169 Å². The number of nitrogens with zero attached hydrogens (tertiary/aromatic N) is 12. The Morgan fingerprint density at radius 1 is 0.301 bits per heavy atom. The largest absolute Gasteiger partial charge is 0.502 e. The molecule has 2 unspecified atom stereocenters. The van der Waals surface area contributed by atoms with Crippen molar-refractivity contribution in [2.75, 3.05) is 99.3 Å². The molecule has 0 saturated heterocycles. The first-order chi connectivity index (χ1) is 70.1. The molecule has 0 radical (unpaired) electrons. The number of rotatable bonds is 3. The molecule has 9 aromatic carbocycles. The summed E-state index contributed by atoms with van der Waals surface area (Å²) < 4.78 is 38.4. The summed E-state index contributed by atoms with van der Waals surface area (Å²) in [6.07, 6.45) is 19.2. The summed E-state index contributed by atoms with van der Waals surface area (Å²) in [7, 11) is 0. The average molecular weight is 1990 g/mol. The van der Waals surface area contributed by atoms with Gasteiger partial charge in [0.2, 0.25) is 21.7 Å². The van der Waals surface area contributed by atoms with Crippen LogP contribution >= 0.6 is 47.0 Å². The van der Waals surface area contributed by atoms with E-state index in [2.05, 4.69) is 105 Å². The topological polar surface area (TPSA) is 289 Å². The van der Waals surface area contributed by atoms with Crippen molar-refractivity contribution in [2.45, 2.75) is 138 Å². The highest BCUT2D eigenvalue weighted by Crippen LogP contribution is 2.53. The maximum absolute atomic E-state index is 14.1. The molecule has 0 spiro atoms. The number of aromatic nitrogens is 4. The molecule has 8 bridgehead atoms. The molecule has 143 heavy (non-hydrogen) atoms. The maximum Gasteiger partial charge on any atom is 0.277 e. The Kier molecular flexibility index (Phi) is 26.6. The van der Waals surface area contributed by atoms with E-state index in [4.69, 9.17) is 23.7 Å². The molecule has 12 aliphatic heterocycles. The molecule has 0 aliphatic carbocycles. The van der Waals surface area contributed by atoms with E-state index in [9.17, 15) is 53.7 Å². The standard InChI is InChI=1S/C33H29N3O4S.3C26H25N3O4S/c37-26-16-18-35-31(32(26)40-20-23-10-3-1-4-11-23)33(38)34-17-7-2-8-19-39-27-14-9-12-24-21-41-28-15-6-5-13-25(28)30(29(24)27)36(35)22-34;3*30-19-11-13-28-24(25(19)31)26(32)27-12-4-1-5-14-33-20-9-6-7-17-15-34-21-10-3-2-8-18(21)23(22(17)20)29(28)16-27/h1-6,8-16,18,30H,7,17,19-22H2;3*2-3,6-11,13,23,31H,1,4-5,12,14-16H2/b8-2-;;;/t;2*23-;/m.10./s1. The molecule has 4 amide bonds. The Morgan fingerprint density at radius 2 is 0.608 bits per heavy atom. The molecule has 28 nitrogen and oxygen atoms in total. The molecular weight excluding hydrogens is 1890 g/mol. The number of amides is 4. The lowest BCUT2D eigenvalue weighted by atomic mass is 9.93. The molecule has 16 heterocycles. The third-order valence-electron chi connectivity index (χ3n) is 28.1. The number of ether oxygens (including phenoxy) is 5. The predicted molar refractivity (Wildman–Crippen MR) is 550 cm³/mol. The van der Waals surface area contributed by atoms with Gasteiger partial charge in [0.15, 0.2) is 45.8 Å². The quantitative estimate of drug-likeness (QED) is 0.139. The first kappa shape index (κ1) is 93.4. The zero-order valence-corrected chi connectivity index (χ0v) is 81.6. The zero-order chi connectivity index (χ0) is 97.5. The summed E-state index contributed by atoms with van der Waals surface area (Å²) in [5.74, 6) is 3.96. The van der Waals surface area contributed by atoms with Gasteiger partial charge in [0, 0.05) is 140 Å². The van der Waals surface area contributed by atoms with Crippen molar-refractivity contribution in [1.29, 1.82) is 0 Å². The van der Waals surface area contributed by atoms with Crippen LogP contribution in [0.3, 0.4) is 0 Å². The molecule has 32 heteroatoms. The lowest BCUT2D eigenvalue weighted by Crippen LogP contribution is -2.56. The van der Waals surface area contributed by atoms with Crippen molar-refractivity contribution in [3.05, 3.63) is 397 Å². The van der Waals surface area contributed by atoms with E-state index in [0.29, 0.717) is 85.7 Å². The summed E-state index contributed by atoms with van der Waals surface area (Å²) in [6, 6.07) is 72.2. The first-order valence-electron chi connectivity index (χ1n) is 48.6. The normalized spacial score (nSPS) is 19.2. The second-order valence-corrected chi connectivity index (χ2v) is 40.8. The number of fused-ring (bicyclic) bond motifs is 28. The van der Waals surface area contributed by atoms with Crippen molar-refractivity contribution in [1.82, 2.24) is 38.3 Å². The predicted octanol–water partition coefficient (Wildman–Crippen LogP) is 17.1. The van der Waals surface area contributed by atoms with Crippen LogP contribution in [-0.2, 0) is 29.6 Å². The van der Waals surface area contributed by atoms with Gasteiger partial charge in [-0.3, -0.25) is 77.1 Å². The van der Waals surface area contributed by atoms with Crippen LogP contribution in [0.4, 0.5) is 0 Å². The number of hydrogen-bond acceptors (Lipinski definition) is 24. The van der Waals surface area contributed by atoms with Crippen LogP contribution in [0, 0.1) is 0 Å². The van der Waals surface area contributed by atoms with Gasteiger partial charge in [0.1, 0.15) is 87.1 Å². The Bertz CT molecular complexity index is 6950. The highest BCUT2D eigenvalue weighted by molar-refractivity contribution is 7.99. The molecule has 4 atom stereocenters. The van der Waals surface area contributed by atoms with Crippen molar-refractivity contribution < 1.29 is 58.2 Å². The molecular formula is C111H104N12O16S4. The summed E-state index contributed by atoms with van der Waals surface area (Å²) in [6.45, 7) is 6.02. The highest BCUT2D eigenvalue weighted by Gasteiger charge is 2.47. The number of hydrogen-bond donors (Lipinski definition) is 3. The van der Waals surface area contributed by atoms with Crippen molar-refractivity contribution >= 4 is 70.7 Å². The van der Waals surface area contributed by atoms with Gasteiger partial charge in [-0.15, -0.1) is 47.0 Å². The molecule has 728 valence electrons. The van der Waals surface area contributed by atoms with Crippen LogP contribution < -0.4 is 65.4 Å². The van der Waals surface area contributed by atoms with E-state index in [1.54, 1.807) is 101 Å². The lowest BCUT2D eigenvalue weighted by Gasteiger charge is -2.44. The van der Waals surface area contributed by atoms with E-state index < -0.39 is 33.5 Å². The first-order valence-corrected chi connectivity index (χ1v) is 52.5. The zero-order valence-electron chi connectivity index (χ0n) is 78.4. The number of pyridine rings is 4. The number of carbonyl (C=O) groups excluding carboxylic acids is 4. The molecule has 0 saturated carbocycles. The lowest BCUT2D eigenvalue weighted by molar-refractivity contribution is 0.0666. The fraction of sp³-hybridized carbons (Fsp3) is 0.279. The van der Waals surface area contributed by atoms with Gasteiger partial charge in [-0.1, -0.05) is 164 Å². The smallest absolute Gasteiger partial charge is 0.277 e. The van der Waals surface area contributed by atoms with E-state index >= 15 is 0 Å². The molecule has 13 aromatic rings. The SMILES string of the molecule is O=C1c2c(O)c(=O)ccn2N2CN1CCCCCOc1cccc3c1C2c1ccccc1SC3.O=C1c2c(O)c(=O)ccn2N2CN1CCCCCOc1cccc3c1[C@@H]2c1ccccc1SC3.O=C1c2c(O)c(=O)ccn2N2CN1CCCCCOc1cccc3c1[C@H]2c1ccccc1SC3.O=C1c2c(OCc3ccccc3)c(=O)ccn2N2CN1CC/C=C\COc1cccc3c1C2c1ccccc1SC3. The van der Waals surface area contributed by atoms with Crippen molar-refractivity contribution in [2.24, 2.45) is 0 Å². The summed E-state index contributed by atoms with van der Waals surface area (Å²) in [4.78, 5) is 116. The van der Waals surface area contributed by atoms with Gasteiger partial charge in [0.05, 0.1) is 19.8 Å². The minimum Gasteiger partial charge on any atom is -0.502 e. The number of thioether (sulfide) groups is 4. The van der Waals surface area contributed by atoms with Gasteiger partial charge in [0.25, 0.3) is 23.6 Å². The van der Waals surface area contributed by atoms with Crippen LogP contribution in [0.15, 0.2) is 300 Å². The molecule has 4 aromatic heterocycles. The minimum atomic E-state index is -0.552. The van der Waals surface area contributed by atoms with Crippen LogP contribution in [0.1, 0.15) is 203 Å². The van der Waals surface area contributed by atoms with Crippen LogP contribution in [0.2, 0.25) is 0 Å². The third kappa shape index (κ3) is 17.9. The van der Waals surface area contributed by atoms with E-state index in [-0.39, 0.29) is 88.4 Å². The molecule has 3 N–H and O–H groups in total. The average Bonchev–Trinajstić information content (AvgIpc) is 1.64. The van der Waals surface area contributed by atoms with Crippen LogP contribution in [0.5, 0.6) is 46.0 Å². The maximum atomic E-state index is 14.1. The summed E-state index contributed by atoms with van der Waals surface area (Å²) in [5.41, 5.74) is 12.7. The number of benzene rings is 9. The minimum absolute atomic E-state index is 0.0186. The fourth-order valence-electron chi connectivity index (χ4n) is 21.2. The Morgan fingerprint density at radius 3 is 0.965 bits per heavy atom. The van der Waals surface area contributed by atoms with Crippen molar-refractivity contribution in [3.8, 4) is 46.0 Å². The van der Waals surface area contributed by atoms with Crippen LogP contribution in [0.25, 0.3) is 0 Å². The number of aromatic hydroxyl groups is 3. The highest BCUT2D eigenvalue weighted by atomic mass is 32.2. The molecule has 0 fully saturated rings. The Hall–Kier alpha value is -14.6.